The van der Waals surface area contributed by atoms with E-state index in [-0.39, 0.29) is 0 Å². The van der Waals surface area contributed by atoms with Gasteiger partial charge in [0.2, 0.25) is 0 Å². The van der Waals surface area contributed by atoms with Gasteiger partial charge in [0.1, 0.15) is 0 Å². The van der Waals surface area contributed by atoms with Crippen LogP contribution in [0.15, 0.2) is 30.3 Å². The molecule has 0 atom stereocenters. The van der Waals surface area contributed by atoms with Crippen molar-refractivity contribution >= 4 is 0 Å². The third kappa shape index (κ3) is 5.33. The second-order valence-electron chi connectivity index (χ2n) is 5.65. The Balaban J connectivity index is 2.58. The van der Waals surface area contributed by atoms with Gasteiger partial charge >= 0.3 is 0 Å². The Morgan fingerprint density at radius 2 is 1.68 bits per heavy atom. The number of rotatable bonds is 9. The lowest BCUT2D eigenvalue weighted by atomic mass is 9.81. The first-order valence-corrected chi connectivity index (χ1v) is 7.59. The first-order chi connectivity index (χ1) is 9.15. The average molecular weight is 262 g/mol. The van der Waals surface area contributed by atoms with E-state index in [9.17, 15) is 0 Å². The van der Waals surface area contributed by atoms with Crippen LogP contribution in [0.5, 0.6) is 0 Å². The van der Waals surface area contributed by atoms with E-state index in [0.717, 1.165) is 26.2 Å². The van der Waals surface area contributed by atoms with E-state index < -0.39 is 0 Å². The molecule has 0 saturated heterocycles. The zero-order chi connectivity index (χ0) is 14.1. The minimum atomic E-state index is 0.402. The highest BCUT2D eigenvalue weighted by atomic mass is 15.1. The van der Waals surface area contributed by atoms with Gasteiger partial charge in [0.05, 0.1) is 0 Å². The Labute approximate surface area is 119 Å². The Kier molecular flexibility index (Phi) is 7.11. The van der Waals surface area contributed by atoms with Gasteiger partial charge in [-0.3, -0.25) is 0 Å². The van der Waals surface area contributed by atoms with E-state index in [1.165, 1.54) is 18.4 Å². The highest BCUT2D eigenvalue weighted by molar-refractivity contribution is 5.14. The van der Waals surface area contributed by atoms with Crippen molar-refractivity contribution in [1.82, 2.24) is 10.2 Å². The average Bonchev–Trinajstić information content (AvgIpc) is 2.44. The van der Waals surface area contributed by atoms with Crippen LogP contribution >= 0.6 is 0 Å². The summed E-state index contributed by atoms with van der Waals surface area (Å²) in [6, 6.07) is 10.7. The minimum absolute atomic E-state index is 0.402. The Hall–Kier alpha value is -0.860. The molecular formula is C17H30N2. The highest BCUT2D eigenvalue weighted by Gasteiger charge is 2.27. The van der Waals surface area contributed by atoms with E-state index in [0.29, 0.717) is 5.41 Å². The molecule has 0 aliphatic rings. The summed E-state index contributed by atoms with van der Waals surface area (Å²) in [4.78, 5) is 2.46. The van der Waals surface area contributed by atoms with E-state index >= 15 is 0 Å². The molecule has 0 spiro atoms. The first-order valence-electron chi connectivity index (χ1n) is 7.59. The quantitative estimate of drug-likeness (QED) is 0.732. The van der Waals surface area contributed by atoms with Crippen molar-refractivity contribution in [3.05, 3.63) is 35.9 Å². The lowest BCUT2D eigenvalue weighted by Crippen LogP contribution is -2.42. The molecule has 0 amide bonds. The topological polar surface area (TPSA) is 15.3 Å². The third-order valence-electron chi connectivity index (χ3n) is 4.15. The van der Waals surface area contributed by atoms with Gasteiger partial charge in [-0.15, -0.1) is 0 Å². The van der Waals surface area contributed by atoms with Gasteiger partial charge in [0.15, 0.2) is 0 Å². The first kappa shape index (κ1) is 16.2. The van der Waals surface area contributed by atoms with Crippen LogP contribution in [0.4, 0.5) is 0 Å². The lowest BCUT2D eigenvalue weighted by molar-refractivity contribution is 0.151. The van der Waals surface area contributed by atoms with Crippen molar-refractivity contribution in [2.45, 2.75) is 40.2 Å². The molecule has 0 saturated carbocycles. The van der Waals surface area contributed by atoms with Crippen molar-refractivity contribution in [2.24, 2.45) is 5.41 Å². The van der Waals surface area contributed by atoms with Crippen LogP contribution in [0.25, 0.3) is 0 Å². The summed E-state index contributed by atoms with van der Waals surface area (Å²) in [5.41, 5.74) is 1.80. The molecule has 2 nitrogen and oxygen atoms in total. The molecule has 1 aromatic rings. The smallest absolute Gasteiger partial charge is 0.0230 e. The normalized spacial score (nSPS) is 12.1. The molecule has 0 fully saturated rings. The Bertz CT molecular complexity index is 330. The Morgan fingerprint density at radius 1 is 1.05 bits per heavy atom. The van der Waals surface area contributed by atoms with E-state index in [1.54, 1.807) is 0 Å². The minimum Gasteiger partial charge on any atom is -0.316 e. The van der Waals surface area contributed by atoms with E-state index in [2.05, 4.69) is 68.4 Å². The summed E-state index contributed by atoms with van der Waals surface area (Å²) in [6.45, 7) is 11.2. The van der Waals surface area contributed by atoms with Gasteiger partial charge < -0.3 is 10.2 Å². The molecule has 0 aromatic heterocycles. The number of nitrogens with zero attached hydrogens (tertiary/aromatic N) is 1. The molecular weight excluding hydrogens is 232 g/mol. The van der Waals surface area contributed by atoms with Crippen LogP contribution in [0.1, 0.15) is 39.2 Å². The van der Waals surface area contributed by atoms with Crippen LogP contribution in [-0.4, -0.2) is 31.6 Å². The molecule has 0 bridgehead atoms. The van der Waals surface area contributed by atoms with E-state index in [4.69, 9.17) is 0 Å². The van der Waals surface area contributed by atoms with E-state index in [1.807, 2.05) is 0 Å². The van der Waals surface area contributed by atoms with Crippen LogP contribution in [0, 0.1) is 5.41 Å². The van der Waals surface area contributed by atoms with Gasteiger partial charge in [0, 0.05) is 19.6 Å². The van der Waals surface area contributed by atoms with Crippen LogP contribution in [0.3, 0.4) is 0 Å². The maximum Gasteiger partial charge on any atom is 0.0230 e. The standard InChI is InChI=1S/C17H30N2/c1-5-17(6-2,14-18-7-3)15-19(4)13-16-11-9-8-10-12-16/h8-12,18H,5-7,13-15H2,1-4H3. The molecule has 108 valence electrons. The second kappa shape index (κ2) is 8.34. The molecule has 1 N–H and O–H groups in total. The molecule has 0 heterocycles. The summed E-state index contributed by atoms with van der Waals surface area (Å²) in [6.07, 6.45) is 2.46. The molecule has 1 rings (SSSR count). The molecule has 19 heavy (non-hydrogen) atoms. The number of nitrogens with one attached hydrogen (secondary N) is 1. The van der Waals surface area contributed by atoms with Gasteiger partial charge in [-0.1, -0.05) is 51.1 Å². The van der Waals surface area contributed by atoms with Gasteiger partial charge in [-0.05, 0) is 37.4 Å². The third-order valence-corrected chi connectivity index (χ3v) is 4.15. The number of benzene rings is 1. The zero-order valence-corrected chi connectivity index (χ0v) is 13.1. The lowest BCUT2D eigenvalue weighted by Gasteiger charge is -2.36. The fourth-order valence-corrected chi connectivity index (χ4v) is 2.69. The number of hydrogen-bond acceptors (Lipinski definition) is 2. The second-order valence-corrected chi connectivity index (χ2v) is 5.65. The van der Waals surface area contributed by atoms with Gasteiger partial charge in [-0.25, -0.2) is 0 Å². The largest absolute Gasteiger partial charge is 0.316 e. The molecule has 0 unspecified atom stereocenters. The van der Waals surface area contributed by atoms with Crippen molar-refractivity contribution in [2.75, 3.05) is 26.7 Å². The zero-order valence-electron chi connectivity index (χ0n) is 13.1. The SMILES string of the molecule is CCNCC(CC)(CC)CN(C)Cc1ccccc1. The van der Waals surface area contributed by atoms with Crippen LogP contribution in [-0.2, 0) is 6.54 Å². The molecule has 1 aromatic carbocycles. The summed E-state index contributed by atoms with van der Waals surface area (Å²) < 4.78 is 0. The molecule has 2 heteroatoms. The highest BCUT2D eigenvalue weighted by Crippen LogP contribution is 2.27. The van der Waals surface area contributed by atoms with Crippen LogP contribution in [0.2, 0.25) is 0 Å². The summed E-state index contributed by atoms with van der Waals surface area (Å²) >= 11 is 0. The molecule has 0 radical (unpaired) electrons. The maximum atomic E-state index is 3.53. The molecule has 0 aliphatic carbocycles. The number of hydrogen-bond donors (Lipinski definition) is 1. The monoisotopic (exact) mass is 262 g/mol. The van der Waals surface area contributed by atoms with Crippen molar-refractivity contribution < 1.29 is 0 Å². The summed E-state index contributed by atoms with van der Waals surface area (Å²) in [5.74, 6) is 0. The van der Waals surface area contributed by atoms with Gasteiger partial charge in [-0.2, -0.15) is 0 Å². The predicted molar refractivity (Wildman–Crippen MR) is 84.3 cm³/mol. The fraction of sp³-hybridized carbons (Fsp3) is 0.647. The Morgan fingerprint density at radius 3 is 2.21 bits per heavy atom. The molecule has 0 aliphatic heterocycles. The fourth-order valence-electron chi connectivity index (χ4n) is 2.69. The van der Waals surface area contributed by atoms with Crippen LogP contribution < -0.4 is 5.32 Å². The van der Waals surface area contributed by atoms with Crippen molar-refractivity contribution in [3.8, 4) is 0 Å². The summed E-state index contributed by atoms with van der Waals surface area (Å²) in [5, 5.41) is 3.53. The maximum absolute atomic E-state index is 3.53. The van der Waals surface area contributed by atoms with Crippen molar-refractivity contribution in [3.63, 3.8) is 0 Å². The van der Waals surface area contributed by atoms with Crippen molar-refractivity contribution in [1.29, 1.82) is 0 Å². The van der Waals surface area contributed by atoms with Gasteiger partial charge in [0.25, 0.3) is 0 Å². The summed E-state index contributed by atoms with van der Waals surface area (Å²) in [7, 11) is 2.24. The predicted octanol–water partition coefficient (Wildman–Crippen LogP) is 3.53.